The first-order valence-corrected chi connectivity index (χ1v) is 4.74. The van der Waals surface area contributed by atoms with Crippen LogP contribution in [0.15, 0.2) is 48.8 Å². The van der Waals surface area contributed by atoms with E-state index in [9.17, 15) is 10.2 Å². The van der Waals surface area contributed by atoms with E-state index in [2.05, 4.69) is 9.97 Å². The predicted molar refractivity (Wildman–Crippen MR) is 60.5 cm³/mol. The molecule has 2 rings (SSSR count). The Kier molecular flexibility index (Phi) is 2.82. The van der Waals surface area contributed by atoms with Crippen molar-refractivity contribution in [3.63, 3.8) is 0 Å². The third kappa shape index (κ3) is 2.00. The van der Waals surface area contributed by atoms with Crippen LogP contribution in [0.4, 0.5) is 0 Å². The zero-order valence-corrected chi connectivity index (χ0v) is 8.41. The molecule has 0 unspecified atom stereocenters. The molecule has 80 valence electrons. The number of pyridine rings is 2. The minimum atomic E-state index is -0.278. The van der Waals surface area contributed by atoms with Crippen LogP contribution in [0, 0.1) is 0 Å². The second kappa shape index (κ2) is 4.44. The van der Waals surface area contributed by atoms with Gasteiger partial charge in [-0.3, -0.25) is 9.97 Å². The molecule has 0 bridgehead atoms. The van der Waals surface area contributed by atoms with Gasteiger partial charge in [0.15, 0.2) is 11.5 Å². The molecule has 0 fully saturated rings. The number of aliphatic hydroxyl groups is 2. The van der Waals surface area contributed by atoms with E-state index in [1.54, 1.807) is 36.4 Å². The second-order valence-electron chi connectivity index (χ2n) is 3.13. The summed E-state index contributed by atoms with van der Waals surface area (Å²) >= 11 is 0. The van der Waals surface area contributed by atoms with E-state index >= 15 is 0 Å². The van der Waals surface area contributed by atoms with E-state index in [0.29, 0.717) is 11.4 Å². The topological polar surface area (TPSA) is 66.2 Å². The minimum Gasteiger partial charge on any atom is -0.503 e. The van der Waals surface area contributed by atoms with Gasteiger partial charge < -0.3 is 10.2 Å². The van der Waals surface area contributed by atoms with Crippen LogP contribution in [0.2, 0.25) is 0 Å². The number of nitrogens with zero attached hydrogens (tertiary/aromatic N) is 2. The molecule has 2 heterocycles. The van der Waals surface area contributed by atoms with Crippen molar-refractivity contribution < 1.29 is 10.2 Å². The standard InChI is InChI=1S/C12H10N2O2/c15-11(9-5-1-3-7-13-9)12(16)10-6-2-4-8-14-10/h1-8,15-16H. The van der Waals surface area contributed by atoms with Crippen molar-refractivity contribution in [3.8, 4) is 0 Å². The van der Waals surface area contributed by atoms with Gasteiger partial charge in [0.25, 0.3) is 0 Å². The quantitative estimate of drug-likeness (QED) is 0.753. The lowest BCUT2D eigenvalue weighted by Gasteiger charge is -2.03. The Labute approximate surface area is 92.6 Å². The summed E-state index contributed by atoms with van der Waals surface area (Å²) in [5.41, 5.74) is 0.622. The molecule has 0 aromatic carbocycles. The Balaban J connectivity index is 2.43. The zero-order chi connectivity index (χ0) is 11.4. The zero-order valence-electron chi connectivity index (χ0n) is 8.41. The molecular weight excluding hydrogens is 204 g/mol. The van der Waals surface area contributed by atoms with E-state index < -0.39 is 0 Å². The maximum Gasteiger partial charge on any atom is 0.186 e. The normalized spacial score (nSPS) is 12.0. The van der Waals surface area contributed by atoms with Gasteiger partial charge in [-0.1, -0.05) is 12.1 Å². The van der Waals surface area contributed by atoms with Gasteiger partial charge in [0, 0.05) is 12.4 Å². The van der Waals surface area contributed by atoms with Crippen LogP contribution in [0.1, 0.15) is 11.4 Å². The van der Waals surface area contributed by atoms with Gasteiger partial charge in [0.05, 0.1) is 0 Å². The minimum absolute atomic E-state index is 0.278. The molecule has 2 aromatic heterocycles. The van der Waals surface area contributed by atoms with Crippen LogP contribution in [0.3, 0.4) is 0 Å². The van der Waals surface area contributed by atoms with Gasteiger partial charge in [0.2, 0.25) is 0 Å². The van der Waals surface area contributed by atoms with Crippen LogP contribution >= 0.6 is 0 Å². The lowest BCUT2D eigenvalue weighted by atomic mass is 10.2. The Morgan fingerprint density at radius 2 is 1.19 bits per heavy atom. The van der Waals surface area contributed by atoms with E-state index in [4.69, 9.17) is 0 Å². The fourth-order valence-electron chi connectivity index (χ4n) is 1.25. The molecule has 0 saturated carbocycles. The number of aromatic nitrogens is 2. The highest BCUT2D eigenvalue weighted by atomic mass is 16.3. The van der Waals surface area contributed by atoms with Crippen LogP contribution in [0.5, 0.6) is 0 Å². The lowest BCUT2D eigenvalue weighted by molar-refractivity contribution is 0.456. The molecule has 0 saturated heterocycles. The van der Waals surface area contributed by atoms with Gasteiger partial charge in [-0.2, -0.15) is 0 Å². The van der Waals surface area contributed by atoms with Crippen LogP contribution < -0.4 is 0 Å². The first-order valence-electron chi connectivity index (χ1n) is 4.74. The molecule has 0 atom stereocenters. The average molecular weight is 214 g/mol. The molecule has 0 aliphatic heterocycles. The van der Waals surface area contributed by atoms with Crippen molar-refractivity contribution in [1.29, 1.82) is 0 Å². The van der Waals surface area contributed by atoms with Crippen LogP contribution in [-0.2, 0) is 0 Å². The van der Waals surface area contributed by atoms with E-state index in [1.165, 1.54) is 12.4 Å². The Bertz CT molecular complexity index is 447. The molecule has 0 radical (unpaired) electrons. The first kappa shape index (κ1) is 10.2. The van der Waals surface area contributed by atoms with Gasteiger partial charge in [-0.25, -0.2) is 0 Å². The summed E-state index contributed by atoms with van der Waals surface area (Å²) in [7, 11) is 0. The molecule has 0 amide bonds. The van der Waals surface area contributed by atoms with E-state index in [1.807, 2.05) is 0 Å². The molecule has 0 aliphatic carbocycles. The molecule has 0 aliphatic rings. The Morgan fingerprint density at radius 3 is 1.50 bits per heavy atom. The SMILES string of the molecule is OC(=C(O)c1ccccn1)c1ccccn1. The first-order chi connectivity index (χ1) is 7.79. The van der Waals surface area contributed by atoms with Crippen molar-refractivity contribution in [2.45, 2.75) is 0 Å². The Hall–Kier alpha value is -2.36. The van der Waals surface area contributed by atoms with Crippen molar-refractivity contribution in [2.75, 3.05) is 0 Å². The summed E-state index contributed by atoms with van der Waals surface area (Å²) in [4.78, 5) is 7.86. The number of rotatable bonds is 2. The highest BCUT2D eigenvalue weighted by molar-refractivity contribution is 5.79. The molecular formula is C12H10N2O2. The van der Waals surface area contributed by atoms with Gasteiger partial charge >= 0.3 is 0 Å². The predicted octanol–water partition coefficient (Wildman–Crippen LogP) is 2.42. The number of aliphatic hydroxyl groups excluding tert-OH is 2. The summed E-state index contributed by atoms with van der Waals surface area (Å²) in [6.45, 7) is 0. The van der Waals surface area contributed by atoms with Crippen molar-refractivity contribution >= 4 is 11.5 Å². The number of hydrogen-bond donors (Lipinski definition) is 2. The van der Waals surface area contributed by atoms with E-state index in [0.717, 1.165) is 0 Å². The summed E-state index contributed by atoms with van der Waals surface area (Å²) in [5, 5.41) is 19.5. The smallest absolute Gasteiger partial charge is 0.186 e. The summed E-state index contributed by atoms with van der Waals surface area (Å²) < 4.78 is 0. The summed E-state index contributed by atoms with van der Waals surface area (Å²) in [5.74, 6) is -0.557. The lowest BCUT2D eigenvalue weighted by Crippen LogP contribution is -1.95. The molecule has 4 heteroatoms. The van der Waals surface area contributed by atoms with Gasteiger partial charge in [-0.15, -0.1) is 0 Å². The third-order valence-electron chi connectivity index (χ3n) is 2.04. The monoisotopic (exact) mass is 214 g/mol. The molecule has 0 spiro atoms. The maximum absolute atomic E-state index is 9.77. The van der Waals surface area contributed by atoms with E-state index in [-0.39, 0.29) is 11.5 Å². The van der Waals surface area contributed by atoms with Gasteiger partial charge in [0.1, 0.15) is 11.4 Å². The van der Waals surface area contributed by atoms with Crippen LogP contribution in [-0.4, -0.2) is 20.2 Å². The molecule has 4 nitrogen and oxygen atoms in total. The maximum atomic E-state index is 9.77. The highest BCUT2D eigenvalue weighted by Gasteiger charge is 2.10. The molecule has 2 aromatic rings. The van der Waals surface area contributed by atoms with Crippen molar-refractivity contribution in [3.05, 3.63) is 60.2 Å². The Morgan fingerprint density at radius 1 is 0.750 bits per heavy atom. The molecule has 2 N–H and O–H groups in total. The fourth-order valence-corrected chi connectivity index (χ4v) is 1.25. The van der Waals surface area contributed by atoms with Crippen LogP contribution in [0.25, 0.3) is 11.5 Å². The molecule has 16 heavy (non-hydrogen) atoms. The third-order valence-corrected chi connectivity index (χ3v) is 2.04. The summed E-state index contributed by atoms with van der Waals surface area (Å²) in [6.07, 6.45) is 3.08. The average Bonchev–Trinajstić information content (AvgIpc) is 2.39. The largest absolute Gasteiger partial charge is 0.503 e. The summed E-state index contributed by atoms with van der Waals surface area (Å²) in [6, 6.07) is 10.1. The van der Waals surface area contributed by atoms with Crippen molar-refractivity contribution in [1.82, 2.24) is 9.97 Å². The highest BCUT2D eigenvalue weighted by Crippen LogP contribution is 2.18. The second-order valence-corrected chi connectivity index (χ2v) is 3.13. The number of hydrogen-bond acceptors (Lipinski definition) is 4. The van der Waals surface area contributed by atoms with Crippen molar-refractivity contribution in [2.24, 2.45) is 0 Å². The van der Waals surface area contributed by atoms with Gasteiger partial charge in [-0.05, 0) is 24.3 Å². The fraction of sp³-hybridized carbons (Fsp3) is 0.